The van der Waals surface area contributed by atoms with Crippen molar-refractivity contribution in [2.45, 2.75) is 104 Å². The van der Waals surface area contributed by atoms with Gasteiger partial charge in [-0.25, -0.2) is 9.59 Å². The quantitative estimate of drug-likeness (QED) is 0.123. The molecule has 0 saturated carbocycles. The molecule has 0 N–H and O–H groups in total. The van der Waals surface area contributed by atoms with Crippen molar-refractivity contribution in [3.8, 4) is 0 Å². The van der Waals surface area contributed by atoms with Crippen molar-refractivity contribution in [1.82, 2.24) is 0 Å². The van der Waals surface area contributed by atoms with Crippen molar-refractivity contribution in [2.75, 3.05) is 13.2 Å². The Labute approximate surface area is 195 Å². The third kappa shape index (κ3) is 13.3. The Balaban J connectivity index is 2.18. The third-order valence-corrected chi connectivity index (χ3v) is 5.52. The molecule has 0 aliphatic heterocycles. The molecule has 0 fully saturated rings. The fourth-order valence-electron chi connectivity index (χ4n) is 3.61. The van der Waals surface area contributed by atoms with E-state index in [4.69, 9.17) is 9.47 Å². The van der Waals surface area contributed by atoms with E-state index in [1.807, 2.05) is 12.2 Å². The van der Waals surface area contributed by atoms with E-state index >= 15 is 0 Å². The van der Waals surface area contributed by atoms with Gasteiger partial charge in [0.05, 0.1) is 24.3 Å². The lowest BCUT2D eigenvalue weighted by Crippen LogP contribution is -2.14. The van der Waals surface area contributed by atoms with Gasteiger partial charge in [-0.2, -0.15) is 0 Å². The molecule has 1 aromatic rings. The molecule has 0 radical (unpaired) electrons. The number of rotatable bonds is 19. The predicted molar refractivity (Wildman–Crippen MR) is 132 cm³/mol. The highest BCUT2D eigenvalue weighted by Gasteiger charge is 2.18. The molecule has 1 rings (SSSR count). The van der Waals surface area contributed by atoms with Gasteiger partial charge in [-0.1, -0.05) is 109 Å². The number of ether oxygens (including phenoxy) is 2. The molecule has 0 spiro atoms. The second-order valence-electron chi connectivity index (χ2n) is 8.37. The first-order valence-electron chi connectivity index (χ1n) is 12.8. The highest BCUT2D eigenvalue weighted by molar-refractivity contribution is 6.03. The Morgan fingerprint density at radius 3 is 1.62 bits per heavy atom. The van der Waals surface area contributed by atoms with Gasteiger partial charge in [0.25, 0.3) is 0 Å². The van der Waals surface area contributed by atoms with Crippen molar-refractivity contribution in [2.24, 2.45) is 0 Å². The summed E-state index contributed by atoms with van der Waals surface area (Å²) in [6.45, 7) is 5.01. The molecule has 0 amide bonds. The van der Waals surface area contributed by atoms with Crippen LogP contribution in [0.25, 0.3) is 0 Å². The summed E-state index contributed by atoms with van der Waals surface area (Å²) in [5.41, 5.74) is 0.548. The number of carbonyl (C=O) groups is 2. The predicted octanol–water partition coefficient (Wildman–Crippen LogP) is 8.06. The van der Waals surface area contributed by atoms with E-state index < -0.39 is 11.9 Å². The highest BCUT2D eigenvalue weighted by Crippen LogP contribution is 2.14. The van der Waals surface area contributed by atoms with Crippen LogP contribution in [0.4, 0.5) is 0 Å². The average molecular weight is 445 g/mol. The van der Waals surface area contributed by atoms with E-state index in [0.717, 1.165) is 19.3 Å². The maximum atomic E-state index is 12.4. The van der Waals surface area contributed by atoms with Crippen molar-refractivity contribution < 1.29 is 19.1 Å². The van der Waals surface area contributed by atoms with Gasteiger partial charge in [0.1, 0.15) is 0 Å². The third-order valence-electron chi connectivity index (χ3n) is 5.52. The van der Waals surface area contributed by atoms with E-state index in [0.29, 0.717) is 19.6 Å². The van der Waals surface area contributed by atoms with E-state index in [9.17, 15) is 9.59 Å². The summed E-state index contributed by atoms with van der Waals surface area (Å²) in [5.74, 6) is -0.931. The summed E-state index contributed by atoms with van der Waals surface area (Å²) in [6, 6.07) is 6.71. The van der Waals surface area contributed by atoms with E-state index in [1.54, 1.807) is 24.3 Å². The first kappa shape index (κ1) is 27.9. The number of allylic oxidation sites excluding steroid dienone is 1. The Bertz CT molecular complexity index is 651. The zero-order valence-corrected chi connectivity index (χ0v) is 20.4. The summed E-state index contributed by atoms with van der Waals surface area (Å²) >= 11 is 0. The highest BCUT2D eigenvalue weighted by atomic mass is 16.5. The Kier molecular flexibility index (Phi) is 17.1. The molecule has 0 heterocycles. The van der Waals surface area contributed by atoms with Gasteiger partial charge in [0, 0.05) is 0 Å². The van der Waals surface area contributed by atoms with Crippen LogP contribution in [0.3, 0.4) is 0 Å². The lowest BCUT2D eigenvalue weighted by Gasteiger charge is -2.09. The summed E-state index contributed by atoms with van der Waals surface area (Å²) in [4.78, 5) is 24.8. The number of unbranched alkanes of at least 4 members (excludes halogenated alkanes) is 11. The van der Waals surface area contributed by atoms with Crippen LogP contribution in [0.5, 0.6) is 0 Å². The van der Waals surface area contributed by atoms with Crippen LogP contribution < -0.4 is 0 Å². The molecule has 4 heteroatoms. The zero-order valence-electron chi connectivity index (χ0n) is 20.4. The minimum atomic E-state index is -0.479. The molecule has 0 saturated heterocycles. The van der Waals surface area contributed by atoms with Gasteiger partial charge >= 0.3 is 11.9 Å². The van der Waals surface area contributed by atoms with Crippen LogP contribution >= 0.6 is 0 Å². The maximum absolute atomic E-state index is 12.4. The van der Waals surface area contributed by atoms with Crippen molar-refractivity contribution in [3.05, 3.63) is 47.5 Å². The molecule has 0 unspecified atom stereocenters. The van der Waals surface area contributed by atoms with Gasteiger partial charge in [0.2, 0.25) is 0 Å². The molecule has 0 aromatic heterocycles. The minimum absolute atomic E-state index is 0.270. The smallest absolute Gasteiger partial charge is 0.339 e. The maximum Gasteiger partial charge on any atom is 0.339 e. The molecule has 4 nitrogen and oxygen atoms in total. The van der Waals surface area contributed by atoms with Crippen molar-refractivity contribution in [3.63, 3.8) is 0 Å². The Morgan fingerprint density at radius 2 is 1.12 bits per heavy atom. The number of hydrogen-bond donors (Lipinski definition) is 0. The Hall–Kier alpha value is -2.10. The summed E-state index contributed by atoms with van der Waals surface area (Å²) in [7, 11) is 0. The summed E-state index contributed by atoms with van der Waals surface area (Å²) < 4.78 is 10.7. The van der Waals surface area contributed by atoms with Crippen molar-refractivity contribution in [1.29, 1.82) is 0 Å². The summed E-state index contributed by atoms with van der Waals surface area (Å²) in [5, 5.41) is 0. The molecular formula is C28H44O4. The number of carbonyl (C=O) groups excluding carboxylic acids is 2. The zero-order chi connectivity index (χ0) is 23.3. The molecular weight excluding hydrogens is 400 g/mol. The largest absolute Gasteiger partial charge is 0.462 e. The SMILES string of the molecule is CC/C=C/CCOC(=O)c1ccccc1C(=O)OCCCCCCCCCCCCCC. The second kappa shape index (κ2) is 19.6. The first-order chi connectivity index (χ1) is 15.7. The van der Waals surface area contributed by atoms with Crippen LogP contribution in [-0.2, 0) is 9.47 Å². The molecule has 32 heavy (non-hydrogen) atoms. The lowest BCUT2D eigenvalue weighted by atomic mass is 10.1. The van der Waals surface area contributed by atoms with Crippen LogP contribution in [-0.4, -0.2) is 25.2 Å². The average Bonchev–Trinajstić information content (AvgIpc) is 2.81. The standard InChI is InChI=1S/C28H44O4/c1-3-5-7-9-10-11-12-13-14-15-16-20-24-32-28(30)26-22-18-17-21-25(26)27(29)31-23-19-8-6-4-2/h6,8,17-18,21-22H,3-5,7,9-16,19-20,23-24H2,1-2H3/b8-6+. The second-order valence-corrected chi connectivity index (χ2v) is 8.37. The Morgan fingerprint density at radius 1 is 0.656 bits per heavy atom. The van der Waals surface area contributed by atoms with Gasteiger partial charge in [-0.05, 0) is 31.4 Å². The number of benzene rings is 1. The molecule has 0 aliphatic carbocycles. The lowest BCUT2D eigenvalue weighted by molar-refractivity contribution is 0.0457. The van der Waals surface area contributed by atoms with Gasteiger partial charge in [-0.15, -0.1) is 0 Å². The topological polar surface area (TPSA) is 52.6 Å². The fourth-order valence-corrected chi connectivity index (χ4v) is 3.61. The molecule has 0 atom stereocenters. The number of hydrogen-bond acceptors (Lipinski definition) is 4. The fraction of sp³-hybridized carbons (Fsp3) is 0.643. The van der Waals surface area contributed by atoms with Crippen molar-refractivity contribution >= 4 is 11.9 Å². The monoisotopic (exact) mass is 444 g/mol. The van der Waals surface area contributed by atoms with E-state index in [-0.39, 0.29) is 11.1 Å². The van der Waals surface area contributed by atoms with Crippen LogP contribution in [0.1, 0.15) is 124 Å². The van der Waals surface area contributed by atoms with Gasteiger partial charge < -0.3 is 9.47 Å². The molecule has 180 valence electrons. The van der Waals surface area contributed by atoms with Crippen LogP contribution in [0.15, 0.2) is 36.4 Å². The first-order valence-corrected chi connectivity index (χ1v) is 12.8. The molecule has 1 aromatic carbocycles. The summed E-state index contributed by atoms with van der Waals surface area (Å²) in [6.07, 6.45) is 20.9. The van der Waals surface area contributed by atoms with Crippen LogP contribution in [0.2, 0.25) is 0 Å². The molecule has 0 aliphatic rings. The van der Waals surface area contributed by atoms with Crippen LogP contribution in [0, 0.1) is 0 Å². The normalized spacial score (nSPS) is 11.1. The van der Waals surface area contributed by atoms with E-state index in [2.05, 4.69) is 13.8 Å². The number of esters is 2. The van der Waals surface area contributed by atoms with Gasteiger partial charge in [0.15, 0.2) is 0 Å². The van der Waals surface area contributed by atoms with Gasteiger partial charge in [-0.3, -0.25) is 0 Å². The van der Waals surface area contributed by atoms with E-state index in [1.165, 1.54) is 64.2 Å². The molecule has 0 bridgehead atoms. The minimum Gasteiger partial charge on any atom is -0.462 e.